The molecule has 0 fully saturated rings. The third-order valence-corrected chi connectivity index (χ3v) is 5.49. The third-order valence-electron chi connectivity index (χ3n) is 5.49. The fourth-order valence-electron chi connectivity index (χ4n) is 3.46. The first-order valence-electron chi connectivity index (χ1n) is 12.5. The molecule has 0 saturated carbocycles. The molecule has 3 aromatic rings. The second-order valence-electron chi connectivity index (χ2n) is 8.36. The Morgan fingerprint density at radius 3 is 1.17 bits per heavy atom. The molecule has 0 N–H and O–H groups in total. The van der Waals surface area contributed by atoms with E-state index in [9.17, 15) is 9.59 Å². The summed E-state index contributed by atoms with van der Waals surface area (Å²) < 4.78 is 23.1. The van der Waals surface area contributed by atoms with Crippen LogP contribution in [0.5, 0.6) is 23.0 Å². The van der Waals surface area contributed by atoms with Crippen molar-refractivity contribution in [3.8, 4) is 23.0 Å². The van der Waals surface area contributed by atoms with Crippen molar-refractivity contribution in [2.24, 2.45) is 0 Å². The van der Waals surface area contributed by atoms with E-state index in [1.807, 2.05) is 48.5 Å². The Hall–Kier alpha value is -3.80. The van der Waals surface area contributed by atoms with Crippen LogP contribution in [-0.2, 0) is 0 Å². The van der Waals surface area contributed by atoms with Gasteiger partial charge < -0.3 is 18.9 Å². The molecule has 190 valence electrons. The maximum absolute atomic E-state index is 10.7. The van der Waals surface area contributed by atoms with Crippen molar-refractivity contribution >= 4 is 12.6 Å². The van der Waals surface area contributed by atoms with Crippen LogP contribution in [0.3, 0.4) is 0 Å². The molecule has 0 amide bonds. The normalized spacial score (nSPS) is 10.4. The molecule has 0 aromatic heterocycles. The van der Waals surface area contributed by atoms with E-state index in [1.165, 1.54) is 0 Å². The summed E-state index contributed by atoms with van der Waals surface area (Å²) in [5.74, 6) is 3.19. The van der Waals surface area contributed by atoms with Gasteiger partial charge in [0.1, 0.15) is 35.6 Å². The lowest BCUT2D eigenvalue weighted by Crippen LogP contribution is -2.02. The van der Waals surface area contributed by atoms with E-state index in [1.54, 1.807) is 24.3 Å². The Kier molecular flexibility index (Phi) is 11.9. The fraction of sp³-hybridized carbons (Fsp3) is 0.333. The molecule has 6 heteroatoms. The lowest BCUT2D eigenvalue weighted by Gasteiger charge is -2.10. The van der Waals surface area contributed by atoms with Gasteiger partial charge in [0.25, 0.3) is 0 Å². The van der Waals surface area contributed by atoms with Gasteiger partial charge in [-0.3, -0.25) is 9.59 Å². The van der Waals surface area contributed by atoms with Crippen LogP contribution in [0.1, 0.15) is 59.2 Å². The summed E-state index contributed by atoms with van der Waals surface area (Å²) in [5.41, 5.74) is 1.30. The van der Waals surface area contributed by atoms with Crippen molar-refractivity contribution in [2.75, 3.05) is 26.4 Å². The zero-order valence-corrected chi connectivity index (χ0v) is 20.6. The second-order valence-corrected chi connectivity index (χ2v) is 8.36. The molecule has 0 aliphatic carbocycles. The molecule has 0 atom stereocenters. The van der Waals surface area contributed by atoms with E-state index in [-0.39, 0.29) is 0 Å². The quantitative estimate of drug-likeness (QED) is 0.148. The Labute approximate surface area is 213 Å². The van der Waals surface area contributed by atoms with Crippen molar-refractivity contribution < 1.29 is 28.5 Å². The highest BCUT2D eigenvalue weighted by atomic mass is 16.5. The maximum Gasteiger partial charge on any atom is 0.150 e. The van der Waals surface area contributed by atoms with Crippen molar-refractivity contribution in [3.63, 3.8) is 0 Å². The van der Waals surface area contributed by atoms with Gasteiger partial charge in [-0.1, -0.05) is 6.07 Å². The highest BCUT2D eigenvalue weighted by molar-refractivity contribution is 5.75. The monoisotopic (exact) mass is 490 g/mol. The molecule has 3 aromatic carbocycles. The van der Waals surface area contributed by atoms with Crippen molar-refractivity contribution in [2.45, 2.75) is 38.5 Å². The Bertz CT molecular complexity index is 949. The Balaban J connectivity index is 1.19. The highest BCUT2D eigenvalue weighted by Gasteiger charge is 2.01. The molecule has 36 heavy (non-hydrogen) atoms. The van der Waals surface area contributed by atoms with Crippen LogP contribution >= 0.6 is 0 Å². The summed E-state index contributed by atoms with van der Waals surface area (Å²) in [4.78, 5) is 21.3. The third kappa shape index (κ3) is 10.2. The maximum atomic E-state index is 10.7. The first-order valence-corrected chi connectivity index (χ1v) is 12.5. The summed E-state index contributed by atoms with van der Waals surface area (Å²) >= 11 is 0. The molecule has 6 nitrogen and oxygen atoms in total. The van der Waals surface area contributed by atoms with Gasteiger partial charge in [-0.2, -0.15) is 0 Å². The molecular formula is C30H34O6. The molecule has 0 aliphatic heterocycles. The number of aldehydes is 2. The zero-order chi connectivity index (χ0) is 25.3. The number of unbranched alkanes of at least 4 members (excludes halogenated alkanes) is 4. The van der Waals surface area contributed by atoms with Gasteiger partial charge in [0, 0.05) is 17.2 Å². The number of rotatable bonds is 18. The minimum absolute atomic E-state index is 0.643. The summed E-state index contributed by atoms with van der Waals surface area (Å²) in [6.07, 6.45) is 7.45. The number of hydrogen-bond acceptors (Lipinski definition) is 6. The summed E-state index contributed by atoms with van der Waals surface area (Å²) in [7, 11) is 0. The standard InChI is InChI=1S/C30H34O6/c31-23-25-10-14-27(15-11-25)33-18-3-1-5-20-35-29-8-7-9-30(22-29)36-21-6-2-4-19-34-28-16-12-26(24-32)13-17-28/h7-17,22-24H,1-6,18-21H2. The molecule has 3 rings (SSSR count). The molecule has 0 radical (unpaired) electrons. The first kappa shape index (κ1) is 26.8. The number of carbonyl (C=O) groups is 2. The molecule has 0 unspecified atom stereocenters. The van der Waals surface area contributed by atoms with Gasteiger partial charge in [-0.05, 0) is 99.2 Å². The van der Waals surface area contributed by atoms with Gasteiger partial charge >= 0.3 is 0 Å². The summed E-state index contributed by atoms with van der Waals surface area (Å²) in [6.45, 7) is 2.58. The van der Waals surface area contributed by atoms with E-state index < -0.39 is 0 Å². The van der Waals surface area contributed by atoms with Gasteiger partial charge in [-0.25, -0.2) is 0 Å². The summed E-state index contributed by atoms with van der Waals surface area (Å²) in [6, 6.07) is 22.0. The number of hydrogen-bond donors (Lipinski definition) is 0. The van der Waals surface area contributed by atoms with E-state index in [4.69, 9.17) is 18.9 Å². The van der Waals surface area contributed by atoms with Crippen molar-refractivity contribution in [1.29, 1.82) is 0 Å². The van der Waals surface area contributed by atoms with E-state index in [0.717, 1.165) is 74.1 Å². The average molecular weight is 491 g/mol. The van der Waals surface area contributed by atoms with Crippen LogP contribution in [0.2, 0.25) is 0 Å². The molecule has 0 spiro atoms. The van der Waals surface area contributed by atoms with Crippen LogP contribution in [0.4, 0.5) is 0 Å². The average Bonchev–Trinajstić information content (AvgIpc) is 2.93. The Morgan fingerprint density at radius 2 is 0.806 bits per heavy atom. The van der Waals surface area contributed by atoms with Crippen LogP contribution in [0.15, 0.2) is 72.8 Å². The lowest BCUT2D eigenvalue weighted by molar-refractivity contribution is 0.111. The fourth-order valence-corrected chi connectivity index (χ4v) is 3.46. The van der Waals surface area contributed by atoms with Gasteiger partial charge in [0.2, 0.25) is 0 Å². The lowest BCUT2D eigenvalue weighted by atomic mass is 10.2. The smallest absolute Gasteiger partial charge is 0.150 e. The predicted octanol–water partition coefficient (Wildman–Crippen LogP) is 6.57. The SMILES string of the molecule is O=Cc1ccc(OCCCCCOc2cccc(OCCCCCOc3ccc(C=O)cc3)c2)cc1. The van der Waals surface area contributed by atoms with Gasteiger partial charge in [0.15, 0.2) is 0 Å². The van der Waals surface area contributed by atoms with Crippen molar-refractivity contribution in [1.82, 2.24) is 0 Å². The number of carbonyl (C=O) groups excluding carboxylic acids is 2. The largest absolute Gasteiger partial charge is 0.494 e. The van der Waals surface area contributed by atoms with Crippen molar-refractivity contribution in [3.05, 3.63) is 83.9 Å². The minimum Gasteiger partial charge on any atom is -0.494 e. The van der Waals surface area contributed by atoms with Crippen LogP contribution in [0, 0.1) is 0 Å². The highest BCUT2D eigenvalue weighted by Crippen LogP contribution is 2.20. The number of ether oxygens (including phenoxy) is 4. The predicted molar refractivity (Wildman–Crippen MR) is 140 cm³/mol. The van der Waals surface area contributed by atoms with E-state index in [2.05, 4.69) is 0 Å². The molecule has 0 saturated heterocycles. The Morgan fingerprint density at radius 1 is 0.444 bits per heavy atom. The molecule has 0 bridgehead atoms. The van der Waals surface area contributed by atoms with Crippen LogP contribution in [-0.4, -0.2) is 39.0 Å². The van der Waals surface area contributed by atoms with Crippen LogP contribution in [0.25, 0.3) is 0 Å². The second kappa shape index (κ2) is 16.0. The summed E-state index contributed by atoms with van der Waals surface area (Å²) in [5, 5.41) is 0. The van der Waals surface area contributed by atoms with Gasteiger partial charge in [-0.15, -0.1) is 0 Å². The van der Waals surface area contributed by atoms with Crippen LogP contribution < -0.4 is 18.9 Å². The van der Waals surface area contributed by atoms with E-state index in [0.29, 0.717) is 37.6 Å². The molecular weight excluding hydrogens is 456 g/mol. The topological polar surface area (TPSA) is 71.1 Å². The minimum atomic E-state index is 0.643. The molecule has 0 aliphatic rings. The van der Waals surface area contributed by atoms with E-state index >= 15 is 0 Å². The van der Waals surface area contributed by atoms with Gasteiger partial charge in [0.05, 0.1) is 26.4 Å². The zero-order valence-electron chi connectivity index (χ0n) is 20.6. The first-order chi connectivity index (χ1) is 17.8. The molecule has 0 heterocycles. The number of benzene rings is 3.